The molecule has 0 aliphatic carbocycles. The summed E-state index contributed by atoms with van der Waals surface area (Å²) in [7, 11) is -8.86. The Hall–Kier alpha value is 1.80. The van der Waals surface area contributed by atoms with E-state index in [-0.39, 0.29) is 40.8 Å². The molecule has 0 saturated heterocycles. The van der Waals surface area contributed by atoms with Gasteiger partial charge in [-0.05, 0) is 19.3 Å². The third kappa shape index (κ3) is 84.9. The summed E-state index contributed by atoms with van der Waals surface area (Å²) >= 11 is 0. The van der Waals surface area contributed by atoms with Crippen molar-refractivity contribution in [2.24, 2.45) is 0 Å². The minimum atomic E-state index is -2.95. The summed E-state index contributed by atoms with van der Waals surface area (Å²) in [4.78, 5) is 30.6. The van der Waals surface area contributed by atoms with Crippen molar-refractivity contribution in [3.8, 4) is 0 Å². The molecule has 0 amide bonds. The Morgan fingerprint density at radius 3 is 0.433 bits per heavy atom. The maximum Gasteiger partial charge on any atom is 3.00 e. The molecule has 0 aromatic rings. The van der Waals surface area contributed by atoms with Crippen LogP contribution in [0.3, 0.4) is 0 Å². The second-order valence-electron chi connectivity index (χ2n) is 19.2. The molecule has 1 radical (unpaired) electrons. The smallest absolute Gasteiger partial charge is 0.781 e. The van der Waals surface area contributed by atoms with Crippen molar-refractivity contribution in [1.29, 1.82) is 0 Å². The van der Waals surface area contributed by atoms with Gasteiger partial charge in [0.15, 0.2) is 0 Å². The van der Waals surface area contributed by atoms with Crippen molar-refractivity contribution in [3.05, 3.63) is 0 Å². The van der Waals surface area contributed by atoms with Crippen molar-refractivity contribution in [3.63, 3.8) is 0 Å². The van der Waals surface area contributed by atoms with E-state index in [1.54, 1.807) is 0 Å². The zero-order valence-corrected chi connectivity index (χ0v) is 50.9. The van der Waals surface area contributed by atoms with Gasteiger partial charge in [0.05, 0.1) is 19.8 Å². The first-order valence-corrected chi connectivity index (χ1v) is 32.5. The van der Waals surface area contributed by atoms with Gasteiger partial charge in [-0.1, -0.05) is 310 Å². The molecule has 0 fully saturated rings. The maximum atomic E-state index is 10.2. The first kappa shape index (κ1) is 75.3. The molecule has 0 spiro atoms. The Morgan fingerprint density at radius 2 is 0.328 bits per heavy atom. The van der Waals surface area contributed by atoms with Gasteiger partial charge in [-0.15, -0.1) is 0 Å². The van der Waals surface area contributed by atoms with Crippen molar-refractivity contribution < 1.29 is 82.8 Å². The van der Waals surface area contributed by atoms with Gasteiger partial charge in [0.25, 0.3) is 0 Å². The van der Waals surface area contributed by atoms with E-state index in [1.807, 2.05) is 0 Å². The average molecular weight is 1140 g/mol. The van der Waals surface area contributed by atoms with Crippen LogP contribution in [-0.2, 0) is 27.3 Å². The number of hydrogen-bond donors (Lipinski definition) is 0. The van der Waals surface area contributed by atoms with E-state index in [1.165, 1.54) is 270 Å². The standard InChI is InChI=1S/3C18H39O3P.Nd/c3*1-2-3-4-5-6-7-8-9-10-11-12-13-14-15-16-17-18-21-22(19)20;/h3*22H,2-18H2,1H3,(H,19,20);/q;;;+3/p-3. The second kappa shape index (κ2) is 72.1. The molecule has 9 nitrogen and oxygen atoms in total. The van der Waals surface area contributed by atoms with Gasteiger partial charge in [0, 0.05) is 0 Å². The minimum absolute atomic E-state index is 0. The summed E-state index contributed by atoms with van der Waals surface area (Å²) in [5.74, 6) is 0. The van der Waals surface area contributed by atoms with Crippen LogP contribution in [0.4, 0.5) is 0 Å². The third-order valence-corrected chi connectivity index (χ3v) is 14.0. The van der Waals surface area contributed by atoms with Gasteiger partial charge < -0.3 is 41.9 Å². The van der Waals surface area contributed by atoms with Gasteiger partial charge in [-0.3, -0.25) is 0 Å². The topological polar surface area (TPSA) is 148 Å². The molecule has 0 heterocycles. The van der Waals surface area contributed by atoms with Gasteiger partial charge in [-0.2, -0.15) is 0 Å². The van der Waals surface area contributed by atoms with Crippen molar-refractivity contribution >= 4 is 24.8 Å². The Kier molecular flexibility index (Phi) is 81.0. The van der Waals surface area contributed by atoms with Crippen LogP contribution in [0, 0.1) is 40.8 Å². The predicted molar refractivity (Wildman–Crippen MR) is 283 cm³/mol. The average Bonchev–Trinajstić information content (AvgIpc) is 3.29. The molecule has 403 valence electrons. The van der Waals surface area contributed by atoms with Gasteiger partial charge in [0.1, 0.15) is 24.8 Å². The van der Waals surface area contributed by atoms with E-state index in [4.69, 9.17) is 0 Å². The Bertz CT molecular complexity index is 825. The fourth-order valence-corrected chi connectivity index (χ4v) is 9.35. The van der Waals surface area contributed by atoms with Gasteiger partial charge in [0.2, 0.25) is 0 Å². The summed E-state index contributed by atoms with van der Waals surface area (Å²) in [6.45, 7) is 7.94. The van der Waals surface area contributed by atoms with Crippen molar-refractivity contribution in [2.45, 2.75) is 329 Å². The Morgan fingerprint density at radius 1 is 0.224 bits per heavy atom. The summed E-state index contributed by atoms with van der Waals surface area (Å²) in [6.07, 6.45) is 63.8. The second-order valence-corrected chi connectivity index (χ2v) is 21.6. The van der Waals surface area contributed by atoms with Crippen LogP contribution in [0.25, 0.3) is 0 Å². The molecular formula is C54H114NdO9P3. The van der Waals surface area contributed by atoms with E-state index < -0.39 is 24.8 Å². The first-order valence-electron chi connectivity index (χ1n) is 28.8. The van der Waals surface area contributed by atoms with Crippen LogP contribution in [0.5, 0.6) is 0 Å². The monoisotopic (exact) mass is 1140 g/mol. The molecule has 0 N–H and O–H groups in total. The van der Waals surface area contributed by atoms with E-state index in [9.17, 15) is 28.4 Å². The Balaban J connectivity index is -0.000000441. The molecule has 0 bridgehead atoms. The maximum absolute atomic E-state index is 10.2. The van der Waals surface area contributed by atoms with E-state index in [0.29, 0.717) is 19.8 Å². The molecule has 0 aliphatic rings. The quantitative estimate of drug-likeness (QED) is 0.0429. The Labute approximate surface area is 452 Å². The van der Waals surface area contributed by atoms with Crippen molar-refractivity contribution in [2.75, 3.05) is 19.8 Å². The number of rotatable bonds is 54. The fraction of sp³-hybridized carbons (Fsp3) is 1.00. The first-order chi connectivity index (χ1) is 32.3. The molecule has 0 saturated carbocycles. The van der Waals surface area contributed by atoms with E-state index in [2.05, 4.69) is 34.3 Å². The third-order valence-electron chi connectivity index (χ3n) is 12.7. The van der Waals surface area contributed by atoms with Crippen LogP contribution in [-0.4, -0.2) is 19.8 Å². The van der Waals surface area contributed by atoms with E-state index >= 15 is 0 Å². The molecule has 67 heavy (non-hydrogen) atoms. The van der Waals surface area contributed by atoms with Crippen LogP contribution in [0.1, 0.15) is 329 Å². The van der Waals surface area contributed by atoms with Crippen LogP contribution >= 0.6 is 24.8 Å². The summed E-state index contributed by atoms with van der Waals surface area (Å²) < 4.78 is 44.3. The zero-order valence-electron chi connectivity index (χ0n) is 44.7. The molecule has 0 aliphatic heterocycles. The van der Waals surface area contributed by atoms with Gasteiger partial charge >= 0.3 is 40.8 Å². The molecule has 0 aromatic carbocycles. The minimum Gasteiger partial charge on any atom is -0.781 e. The van der Waals surface area contributed by atoms with Crippen LogP contribution < -0.4 is 14.7 Å². The summed E-state index contributed by atoms with van der Waals surface area (Å²) in [5.41, 5.74) is 0. The molecular weight excluding hydrogens is 1030 g/mol. The number of unbranched alkanes of at least 4 members (excludes halogenated alkanes) is 45. The largest absolute Gasteiger partial charge is 3.00 e. The zero-order chi connectivity index (χ0) is 48.9. The number of hydrogen-bond acceptors (Lipinski definition) is 9. The predicted octanol–water partition coefficient (Wildman–Crippen LogP) is 18.0. The summed E-state index contributed by atoms with van der Waals surface area (Å²) in [5, 5.41) is 0. The van der Waals surface area contributed by atoms with Gasteiger partial charge in [-0.25, -0.2) is 0 Å². The van der Waals surface area contributed by atoms with Crippen molar-refractivity contribution in [1.82, 2.24) is 0 Å². The van der Waals surface area contributed by atoms with E-state index in [0.717, 1.165) is 38.5 Å². The van der Waals surface area contributed by atoms with Crippen LogP contribution in [0.2, 0.25) is 0 Å². The SMILES string of the molecule is CCCCCCCCCCCCCCCCCCO[PH](=O)[O-].CCCCCCCCCCCCCCCCCCO[PH](=O)[O-].CCCCCCCCCCCCCCCCCCO[PH](=O)[O-].[Nd+3]. The molecule has 0 rings (SSSR count). The normalized spacial score (nSPS) is 12.4. The summed E-state index contributed by atoms with van der Waals surface area (Å²) in [6, 6.07) is 0. The fourth-order valence-electron chi connectivity index (χ4n) is 8.42. The molecule has 3 atom stereocenters. The molecule has 13 heteroatoms. The van der Waals surface area contributed by atoms with Crippen LogP contribution in [0.15, 0.2) is 0 Å². The molecule has 3 unspecified atom stereocenters. The molecule has 0 aromatic heterocycles.